The lowest BCUT2D eigenvalue weighted by molar-refractivity contribution is -0.132. The van der Waals surface area contributed by atoms with Crippen LogP contribution in [-0.4, -0.2) is 66.4 Å². The number of nitrogens with zero attached hydrogens (tertiary/aromatic N) is 2. The zero-order valence-electron chi connectivity index (χ0n) is 11.2. The molecule has 0 saturated carbocycles. The monoisotopic (exact) mass is 314 g/mol. The lowest BCUT2D eigenvalue weighted by Gasteiger charge is -2.31. The number of benzene rings is 1. The summed E-state index contributed by atoms with van der Waals surface area (Å²) in [6, 6.07) is 3.00. The summed E-state index contributed by atoms with van der Waals surface area (Å²) in [7, 11) is -2.40. The molecule has 1 aromatic carbocycles. The Hall–Kier alpha value is -2.13. The van der Waals surface area contributed by atoms with Gasteiger partial charge in [0.15, 0.2) is 0 Å². The van der Waals surface area contributed by atoms with Crippen LogP contribution in [0.25, 0.3) is 0 Å². The number of hydrogen-bond acceptors (Lipinski definition) is 5. The Morgan fingerprint density at radius 1 is 1.29 bits per heavy atom. The number of amides is 1. The highest BCUT2D eigenvalue weighted by molar-refractivity contribution is 7.89. The molecule has 0 bridgehead atoms. The van der Waals surface area contributed by atoms with Gasteiger partial charge in [-0.1, -0.05) is 0 Å². The van der Waals surface area contributed by atoms with Gasteiger partial charge in [-0.25, -0.2) is 13.2 Å². The van der Waals surface area contributed by atoms with Gasteiger partial charge in [0.05, 0.1) is 11.4 Å². The maximum Gasteiger partial charge on any atom is 0.339 e. The minimum absolute atomic E-state index is 0.133. The zero-order valence-corrected chi connectivity index (χ0v) is 12.0. The molecule has 21 heavy (non-hydrogen) atoms. The van der Waals surface area contributed by atoms with Gasteiger partial charge in [-0.05, 0) is 18.2 Å². The van der Waals surface area contributed by atoms with Crippen molar-refractivity contribution in [2.24, 2.45) is 0 Å². The Kier molecular flexibility index (Phi) is 3.88. The van der Waals surface area contributed by atoms with E-state index in [9.17, 15) is 23.1 Å². The summed E-state index contributed by atoms with van der Waals surface area (Å²) in [4.78, 5) is 23.7. The highest BCUT2D eigenvalue weighted by Crippen LogP contribution is 2.24. The van der Waals surface area contributed by atoms with Crippen molar-refractivity contribution in [3.05, 3.63) is 23.8 Å². The molecule has 114 valence electrons. The number of carboxylic acids is 1. The van der Waals surface area contributed by atoms with Gasteiger partial charge in [0.1, 0.15) is 11.3 Å². The second-order valence-electron chi connectivity index (χ2n) is 4.64. The Labute approximate surface area is 121 Å². The number of sulfonamides is 1. The molecule has 2 rings (SSSR count). The molecule has 1 heterocycles. The van der Waals surface area contributed by atoms with Crippen molar-refractivity contribution < 1.29 is 28.2 Å². The van der Waals surface area contributed by atoms with Crippen LogP contribution in [0.5, 0.6) is 5.75 Å². The van der Waals surface area contributed by atoms with Crippen molar-refractivity contribution in [3.63, 3.8) is 0 Å². The van der Waals surface area contributed by atoms with Crippen LogP contribution in [-0.2, 0) is 14.8 Å². The minimum atomic E-state index is -3.98. The van der Waals surface area contributed by atoms with Gasteiger partial charge in [0.25, 0.3) is 0 Å². The van der Waals surface area contributed by atoms with Crippen LogP contribution >= 0.6 is 0 Å². The normalized spacial score (nSPS) is 17.0. The number of piperazine rings is 1. The number of likely N-dealkylation sites (N-methyl/N-ethyl adjacent to an activating group) is 1. The second-order valence-corrected chi connectivity index (χ2v) is 6.58. The maximum atomic E-state index is 12.4. The molecule has 1 aliphatic rings. The quantitative estimate of drug-likeness (QED) is 0.781. The molecule has 1 aromatic rings. The van der Waals surface area contributed by atoms with Gasteiger partial charge in [-0.3, -0.25) is 4.79 Å². The van der Waals surface area contributed by atoms with Gasteiger partial charge in [0.2, 0.25) is 15.9 Å². The molecule has 1 amide bonds. The first-order chi connectivity index (χ1) is 9.73. The van der Waals surface area contributed by atoms with E-state index in [2.05, 4.69) is 0 Å². The second kappa shape index (κ2) is 5.34. The first kappa shape index (κ1) is 15.3. The largest absolute Gasteiger partial charge is 0.507 e. The van der Waals surface area contributed by atoms with Gasteiger partial charge in [-0.15, -0.1) is 0 Å². The van der Waals surface area contributed by atoms with Crippen LogP contribution < -0.4 is 0 Å². The van der Waals surface area contributed by atoms with Gasteiger partial charge in [-0.2, -0.15) is 4.31 Å². The number of rotatable bonds is 3. The molecule has 0 atom stereocenters. The van der Waals surface area contributed by atoms with Crippen LogP contribution in [0, 0.1) is 0 Å². The molecule has 9 heteroatoms. The topological polar surface area (TPSA) is 115 Å². The molecule has 1 aliphatic heterocycles. The number of carboxylic acid groups (broad SMARTS) is 1. The number of carbonyl (C=O) groups excluding carboxylic acids is 1. The van der Waals surface area contributed by atoms with Crippen LogP contribution in [0.15, 0.2) is 23.1 Å². The Morgan fingerprint density at radius 2 is 1.95 bits per heavy atom. The smallest absolute Gasteiger partial charge is 0.339 e. The average molecular weight is 314 g/mol. The minimum Gasteiger partial charge on any atom is -0.507 e. The van der Waals surface area contributed by atoms with Gasteiger partial charge in [0, 0.05) is 20.1 Å². The van der Waals surface area contributed by atoms with Gasteiger partial charge < -0.3 is 15.1 Å². The number of aromatic hydroxyl groups is 1. The molecule has 0 aromatic heterocycles. The predicted molar refractivity (Wildman–Crippen MR) is 71.5 cm³/mol. The van der Waals surface area contributed by atoms with Crippen molar-refractivity contribution >= 4 is 21.9 Å². The third-order valence-electron chi connectivity index (χ3n) is 3.26. The van der Waals surface area contributed by atoms with Crippen molar-refractivity contribution in [3.8, 4) is 5.75 Å². The predicted octanol–water partition coefficient (Wildman–Crippen LogP) is -0.447. The van der Waals surface area contributed by atoms with Crippen LogP contribution in [0.2, 0.25) is 0 Å². The molecule has 2 N–H and O–H groups in total. The van der Waals surface area contributed by atoms with E-state index in [1.807, 2.05) is 0 Å². The summed E-state index contributed by atoms with van der Waals surface area (Å²) in [6.45, 7) is 0.109. The number of aromatic carboxylic acids is 1. The molecule has 0 unspecified atom stereocenters. The molecular weight excluding hydrogens is 300 g/mol. The highest BCUT2D eigenvalue weighted by Gasteiger charge is 2.32. The highest BCUT2D eigenvalue weighted by atomic mass is 32.2. The van der Waals surface area contributed by atoms with Crippen LogP contribution in [0.3, 0.4) is 0 Å². The Morgan fingerprint density at radius 3 is 2.52 bits per heavy atom. The van der Waals surface area contributed by atoms with Crippen molar-refractivity contribution in [2.75, 3.05) is 26.7 Å². The van der Waals surface area contributed by atoms with E-state index in [1.54, 1.807) is 7.05 Å². The third kappa shape index (κ3) is 2.83. The molecule has 8 nitrogen and oxygen atoms in total. The molecule has 0 radical (unpaired) electrons. The summed E-state index contributed by atoms with van der Waals surface area (Å²) < 4.78 is 25.8. The molecule has 0 aliphatic carbocycles. The van der Waals surface area contributed by atoms with E-state index < -0.39 is 27.3 Å². The van der Waals surface area contributed by atoms with Gasteiger partial charge >= 0.3 is 5.97 Å². The van der Waals surface area contributed by atoms with E-state index in [0.29, 0.717) is 0 Å². The van der Waals surface area contributed by atoms with Crippen LogP contribution in [0.1, 0.15) is 10.4 Å². The number of phenols is 1. The SMILES string of the molecule is CN1CCN(S(=O)(=O)c2ccc(O)c(C(=O)O)c2)CC1=O. The number of carbonyl (C=O) groups is 2. The van der Waals surface area contributed by atoms with Crippen LogP contribution in [0.4, 0.5) is 0 Å². The summed E-state index contributed by atoms with van der Waals surface area (Å²) in [6.07, 6.45) is 0. The van der Waals surface area contributed by atoms with Crippen molar-refractivity contribution in [2.45, 2.75) is 4.90 Å². The summed E-state index contributed by atoms with van der Waals surface area (Å²) in [5.74, 6) is -2.28. The van der Waals surface area contributed by atoms with E-state index in [-0.39, 0.29) is 30.4 Å². The molecular formula is C12H14N2O6S. The van der Waals surface area contributed by atoms with E-state index in [0.717, 1.165) is 22.5 Å². The fraction of sp³-hybridized carbons (Fsp3) is 0.333. The van der Waals surface area contributed by atoms with E-state index in [4.69, 9.17) is 5.11 Å². The third-order valence-corrected chi connectivity index (χ3v) is 5.10. The van der Waals surface area contributed by atoms with Crippen molar-refractivity contribution in [1.29, 1.82) is 0 Å². The Balaban J connectivity index is 2.38. The summed E-state index contributed by atoms with van der Waals surface area (Å²) in [5.41, 5.74) is -0.503. The lowest BCUT2D eigenvalue weighted by atomic mass is 10.2. The molecule has 1 saturated heterocycles. The van der Waals surface area contributed by atoms with E-state index in [1.165, 1.54) is 4.90 Å². The fourth-order valence-electron chi connectivity index (χ4n) is 1.94. The van der Waals surface area contributed by atoms with Crippen molar-refractivity contribution in [1.82, 2.24) is 9.21 Å². The molecule has 1 fully saturated rings. The number of hydrogen-bond donors (Lipinski definition) is 2. The fourth-order valence-corrected chi connectivity index (χ4v) is 3.35. The summed E-state index contributed by atoms with van der Waals surface area (Å²) in [5, 5.41) is 18.3. The molecule has 0 spiro atoms. The Bertz CT molecular complexity index is 700. The zero-order chi connectivity index (χ0) is 15.8. The van der Waals surface area contributed by atoms with E-state index >= 15 is 0 Å². The summed E-state index contributed by atoms with van der Waals surface area (Å²) >= 11 is 0. The first-order valence-electron chi connectivity index (χ1n) is 6.04. The standard InChI is InChI=1S/C12H14N2O6S/c1-13-4-5-14(7-11(13)16)21(19,20)8-2-3-10(15)9(6-8)12(17)18/h2-3,6,15H,4-5,7H2,1H3,(H,17,18). The lowest BCUT2D eigenvalue weighted by Crippen LogP contribution is -2.50. The average Bonchev–Trinajstić information content (AvgIpc) is 2.41. The first-order valence-corrected chi connectivity index (χ1v) is 7.48. The maximum absolute atomic E-state index is 12.4.